The molecule has 2 rings (SSSR count). The summed E-state index contributed by atoms with van der Waals surface area (Å²) in [7, 11) is -1.60. The zero-order valence-electron chi connectivity index (χ0n) is 17.0. The van der Waals surface area contributed by atoms with Gasteiger partial charge in [-0.2, -0.15) is 0 Å². The van der Waals surface area contributed by atoms with Gasteiger partial charge in [0.2, 0.25) is 5.91 Å². The summed E-state index contributed by atoms with van der Waals surface area (Å²) in [6, 6.07) is -0.375. The normalized spacial score (nSPS) is 15.7. The molecule has 1 aliphatic rings. The minimum absolute atomic E-state index is 0.0438. The van der Waals surface area contributed by atoms with Crippen LogP contribution in [0.1, 0.15) is 43.6 Å². The predicted octanol–water partition coefficient (Wildman–Crippen LogP) is 0.813. The van der Waals surface area contributed by atoms with Crippen molar-refractivity contribution in [1.82, 2.24) is 20.2 Å². The van der Waals surface area contributed by atoms with Crippen LogP contribution < -0.4 is 5.32 Å². The Balaban J connectivity index is 1.67. The maximum Gasteiger partial charge on any atom is 0.324 e. The number of rotatable bonds is 14. The van der Waals surface area contributed by atoms with Gasteiger partial charge < -0.3 is 19.4 Å². The fourth-order valence-electron chi connectivity index (χ4n) is 3.03. The molecule has 1 aliphatic heterocycles. The highest BCUT2D eigenvalue weighted by atomic mass is 32.2. The molecule has 0 bridgehead atoms. The number of amides is 3. The van der Waals surface area contributed by atoms with E-state index in [0.717, 1.165) is 5.69 Å². The molecule has 3 amide bonds. The molecule has 1 saturated heterocycles. The number of ether oxygens (including phenoxy) is 2. The number of H-pyrrole nitrogens is 1. The number of sulfone groups is 1. The number of imidazole rings is 1. The first kappa shape index (κ1) is 23.3. The second kappa shape index (κ2) is 11.3. The summed E-state index contributed by atoms with van der Waals surface area (Å²) < 4.78 is 35.1. The Morgan fingerprint density at radius 2 is 2.03 bits per heavy atom. The van der Waals surface area contributed by atoms with Crippen molar-refractivity contribution in [2.24, 2.45) is 0 Å². The minimum atomic E-state index is -3.21. The lowest BCUT2D eigenvalue weighted by Gasteiger charge is -2.13. The smallest absolute Gasteiger partial charge is 0.324 e. The van der Waals surface area contributed by atoms with Gasteiger partial charge >= 0.3 is 6.03 Å². The van der Waals surface area contributed by atoms with E-state index < -0.39 is 9.84 Å². The molecule has 0 aromatic carbocycles. The first-order chi connectivity index (χ1) is 13.8. The van der Waals surface area contributed by atoms with Gasteiger partial charge in [0.15, 0.2) is 9.84 Å². The van der Waals surface area contributed by atoms with E-state index in [0.29, 0.717) is 51.5 Å². The van der Waals surface area contributed by atoms with Crippen molar-refractivity contribution >= 4 is 21.8 Å². The topological polar surface area (TPSA) is 131 Å². The third-order valence-corrected chi connectivity index (χ3v) is 6.52. The van der Waals surface area contributed by atoms with Crippen LogP contribution in [-0.2, 0) is 30.7 Å². The van der Waals surface area contributed by atoms with E-state index >= 15 is 0 Å². The first-order valence-corrected chi connectivity index (χ1v) is 11.5. The molecule has 2 N–H and O–H groups in total. The van der Waals surface area contributed by atoms with Crippen LogP contribution in [0.25, 0.3) is 0 Å². The zero-order valence-corrected chi connectivity index (χ0v) is 17.8. The van der Waals surface area contributed by atoms with Gasteiger partial charge in [0.1, 0.15) is 19.0 Å². The average Bonchev–Trinajstić information content (AvgIpc) is 3.24. The monoisotopic (exact) mass is 430 g/mol. The van der Waals surface area contributed by atoms with Gasteiger partial charge in [-0.15, -0.1) is 0 Å². The molecule has 1 atom stereocenters. The third kappa shape index (κ3) is 8.11. The quantitative estimate of drug-likeness (QED) is 0.330. The Labute approximate surface area is 171 Å². The fourth-order valence-corrected chi connectivity index (χ4v) is 4.78. The lowest BCUT2D eigenvalue weighted by Crippen LogP contribution is -2.29. The molecule has 164 valence electrons. The Morgan fingerprint density at radius 1 is 1.24 bits per heavy atom. The lowest BCUT2D eigenvalue weighted by atomic mass is 10.1. The van der Waals surface area contributed by atoms with E-state index in [9.17, 15) is 18.0 Å². The van der Waals surface area contributed by atoms with Crippen molar-refractivity contribution in [2.45, 2.75) is 38.7 Å². The highest BCUT2D eigenvalue weighted by molar-refractivity contribution is 7.91. The second-order valence-corrected chi connectivity index (χ2v) is 9.41. The van der Waals surface area contributed by atoms with Crippen molar-refractivity contribution in [3.05, 3.63) is 17.7 Å². The van der Waals surface area contributed by atoms with Gasteiger partial charge in [0.05, 0.1) is 24.7 Å². The van der Waals surface area contributed by atoms with E-state index in [1.54, 1.807) is 13.3 Å². The van der Waals surface area contributed by atoms with Crippen LogP contribution in [0.3, 0.4) is 0 Å². The molecule has 1 aromatic heterocycles. The van der Waals surface area contributed by atoms with E-state index in [1.807, 2.05) is 6.92 Å². The summed E-state index contributed by atoms with van der Waals surface area (Å²) in [5, 5.41) is 2.22. The van der Waals surface area contributed by atoms with E-state index in [2.05, 4.69) is 15.3 Å². The third-order valence-electron chi connectivity index (χ3n) is 4.60. The molecular weight excluding hydrogens is 400 g/mol. The van der Waals surface area contributed by atoms with Crippen LogP contribution in [-0.4, -0.2) is 80.1 Å². The van der Waals surface area contributed by atoms with Gasteiger partial charge in [-0.3, -0.25) is 10.1 Å². The van der Waals surface area contributed by atoms with Crippen LogP contribution in [0.5, 0.6) is 0 Å². The Morgan fingerprint density at radius 3 is 2.72 bits per heavy atom. The number of carbonyl (C=O) groups excluding carboxylic acids is 2. The molecular formula is C18H30N4O6S. The number of aromatic nitrogens is 2. The van der Waals surface area contributed by atoms with Crippen molar-refractivity contribution < 1.29 is 27.5 Å². The molecule has 11 heteroatoms. The van der Waals surface area contributed by atoms with Crippen LogP contribution in [0, 0.1) is 0 Å². The maximum atomic E-state index is 12.4. The summed E-state index contributed by atoms with van der Waals surface area (Å²) in [6.07, 6.45) is 3.52. The number of methoxy groups -OCH3 is 1. The highest BCUT2D eigenvalue weighted by Gasteiger charge is 2.25. The fraction of sp³-hybridized carbons (Fsp3) is 0.722. The first-order valence-electron chi connectivity index (χ1n) is 9.70. The Bertz CT molecular complexity index is 779. The molecule has 1 fully saturated rings. The zero-order chi connectivity index (χ0) is 21.3. The van der Waals surface area contributed by atoms with Gasteiger partial charge in [-0.05, 0) is 12.8 Å². The van der Waals surface area contributed by atoms with Crippen LogP contribution >= 0.6 is 0 Å². The number of carbonyl (C=O) groups is 2. The Hall–Kier alpha value is -1.98. The maximum absolute atomic E-state index is 12.4. The van der Waals surface area contributed by atoms with Gasteiger partial charge in [-0.25, -0.2) is 18.2 Å². The number of nitrogens with one attached hydrogen (secondary N) is 2. The number of unbranched alkanes of at least 4 members (excludes halogenated alkanes) is 2. The highest BCUT2D eigenvalue weighted by Crippen LogP contribution is 2.17. The van der Waals surface area contributed by atoms with Crippen LogP contribution in [0.15, 0.2) is 6.20 Å². The van der Waals surface area contributed by atoms with Crippen molar-refractivity contribution in [3.63, 3.8) is 0 Å². The lowest BCUT2D eigenvalue weighted by molar-refractivity contribution is -0.118. The number of aromatic amines is 1. The summed E-state index contributed by atoms with van der Waals surface area (Å²) in [5.74, 6) is 0.311. The molecule has 0 radical (unpaired) electrons. The standard InChI is InChI=1S/C18H30N4O6S/c1-14(15-10-19-16(20-15)12-28-8-7-27-2)13-29(25,26)9-5-3-4-6-22-11-17(23)21-18(22)24/h10,14H,3-9,11-13H2,1-2H3,(H,19,20)(H,21,23,24). The molecule has 10 nitrogen and oxygen atoms in total. The molecule has 0 spiro atoms. The number of urea groups is 1. The summed E-state index contributed by atoms with van der Waals surface area (Å²) in [6.45, 7) is 3.68. The van der Waals surface area contributed by atoms with Gasteiger partial charge in [0.25, 0.3) is 0 Å². The van der Waals surface area contributed by atoms with E-state index in [1.165, 1.54) is 4.90 Å². The molecule has 2 heterocycles. The van der Waals surface area contributed by atoms with Gasteiger partial charge in [-0.1, -0.05) is 13.3 Å². The van der Waals surface area contributed by atoms with E-state index in [-0.39, 0.29) is 35.9 Å². The van der Waals surface area contributed by atoms with Crippen molar-refractivity contribution in [1.29, 1.82) is 0 Å². The molecule has 0 saturated carbocycles. The van der Waals surface area contributed by atoms with Crippen LogP contribution in [0.4, 0.5) is 4.79 Å². The predicted molar refractivity (Wildman–Crippen MR) is 106 cm³/mol. The number of imide groups is 1. The summed E-state index contributed by atoms with van der Waals surface area (Å²) >= 11 is 0. The Kier molecular flexibility index (Phi) is 9.05. The van der Waals surface area contributed by atoms with E-state index in [4.69, 9.17) is 9.47 Å². The SMILES string of the molecule is COCCOCc1ncc(C(C)CS(=O)(=O)CCCCCN2CC(=O)NC2=O)[nH]1. The summed E-state index contributed by atoms with van der Waals surface area (Å²) in [4.78, 5) is 31.3. The molecule has 0 aliphatic carbocycles. The molecule has 1 aromatic rings. The van der Waals surface area contributed by atoms with Crippen molar-refractivity contribution in [2.75, 3.05) is 44.9 Å². The summed E-state index contributed by atoms with van der Waals surface area (Å²) in [5.41, 5.74) is 0.767. The number of nitrogens with zero attached hydrogens (tertiary/aromatic N) is 2. The van der Waals surface area contributed by atoms with Crippen molar-refractivity contribution in [3.8, 4) is 0 Å². The minimum Gasteiger partial charge on any atom is -0.382 e. The van der Waals surface area contributed by atoms with Gasteiger partial charge in [0, 0.05) is 31.5 Å². The second-order valence-electron chi connectivity index (χ2n) is 7.18. The number of hydrogen-bond acceptors (Lipinski definition) is 7. The number of hydrogen-bond donors (Lipinski definition) is 2. The average molecular weight is 431 g/mol. The molecule has 1 unspecified atom stereocenters. The largest absolute Gasteiger partial charge is 0.382 e. The van der Waals surface area contributed by atoms with Crippen LogP contribution in [0.2, 0.25) is 0 Å². The molecule has 29 heavy (non-hydrogen) atoms.